The Kier molecular flexibility index (Phi) is 5.97. The minimum atomic E-state index is -3.23. The van der Waals surface area contributed by atoms with Gasteiger partial charge >= 0.3 is 0 Å². The molecule has 0 saturated carbocycles. The first-order valence-electron chi connectivity index (χ1n) is 7.96. The highest BCUT2D eigenvalue weighted by molar-refractivity contribution is 7.91. The average Bonchev–Trinajstić information content (AvgIpc) is 2.51. The molecule has 0 aliphatic rings. The lowest BCUT2D eigenvalue weighted by molar-refractivity contribution is 0.557. The van der Waals surface area contributed by atoms with Crippen LogP contribution in [0.3, 0.4) is 0 Å². The summed E-state index contributed by atoms with van der Waals surface area (Å²) in [7, 11) is -3.23. The van der Waals surface area contributed by atoms with E-state index in [1.165, 1.54) is 16.7 Å². The first kappa shape index (κ1) is 17.7. The molecular formula is C19H25NO2S. The molecule has 0 unspecified atom stereocenters. The zero-order valence-electron chi connectivity index (χ0n) is 14.0. The van der Waals surface area contributed by atoms with Crippen LogP contribution in [0, 0.1) is 13.8 Å². The van der Waals surface area contributed by atoms with Crippen molar-refractivity contribution in [2.75, 3.05) is 12.3 Å². The van der Waals surface area contributed by atoms with Crippen molar-refractivity contribution in [2.45, 2.75) is 38.1 Å². The van der Waals surface area contributed by atoms with Gasteiger partial charge in [-0.05, 0) is 62.6 Å². The molecule has 3 nitrogen and oxygen atoms in total. The van der Waals surface area contributed by atoms with E-state index in [4.69, 9.17) is 0 Å². The zero-order valence-corrected chi connectivity index (χ0v) is 14.9. The largest absolute Gasteiger partial charge is 0.313 e. The smallest absolute Gasteiger partial charge is 0.179 e. The molecule has 0 aliphatic carbocycles. The van der Waals surface area contributed by atoms with Crippen LogP contribution in [0.25, 0.3) is 0 Å². The fourth-order valence-electron chi connectivity index (χ4n) is 2.80. The van der Waals surface area contributed by atoms with Crippen molar-refractivity contribution in [2.24, 2.45) is 0 Å². The lowest BCUT2D eigenvalue weighted by Gasteiger charge is -2.16. The number of aryl methyl sites for hydroxylation is 2. The van der Waals surface area contributed by atoms with Gasteiger partial charge in [0, 0.05) is 6.04 Å². The highest BCUT2D eigenvalue weighted by Crippen LogP contribution is 2.14. The van der Waals surface area contributed by atoms with Crippen molar-refractivity contribution < 1.29 is 8.42 Å². The summed E-state index contributed by atoms with van der Waals surface area (Å²) in [6, 6.07) is 14.9. The molecule has 0 aliphatic heterocycles. The number of hydrogen-bond donors (Lipinski definition) is 1. The van der Waals surface area contributed by atoms with Crippen LogP contribution < -0.4 is 5.32 Å². The maximum absolute atomic E-state index is 12.3. The highest BCUT2D eigenvalue weighted by Gasteiger charge is 2.17. The van der Waals surface area contributed by atoms with Gasteiger partial charge in [0.1, 0.15) is 0 Å². The Labute approximate surface area is 139 Å². The predicted molar refractivity (Wildman–Crippen MR) is 95.6 cm³/mol. The number of nitrogens with one attached hydrogen (secondary N) is 1. The highest BCUT2D eigenvalue weighted by atomic mass is 32.2. The number of hydrogen-bond acceptors (Lipinski definition) is 3. The summed E-state index contributed by atoms with van der Waals surface area (Å²) in [6.07, 6.45) is 0.911. The molecule has 23 heavy (non-hydrogen) atoms. The van der Waals surface area contributed by atoms with Crippen molar-refractivity contribution in [3.63, 3.8) is 0 Å². The van der Waals surface area contributed by atoms with E-state index in [1.807, 2.05) is 13.0 Å². The topological polar surface area (TPSA) is 46.2 Å². The molecule has 1 atom stereocenters. The van der Waals surface area contributed by atoms with E-state index >= 15 is 0 Å². The Morgan fingerprint density at radius 2 is 1.57 bits per heavy atom. The summed E-state index contributed by atoms with van der Waals surface area (Å²) in [5.41, 5.74) is 3.92. The van der Waals surface area contributed by atoms with Crippen molar-refractivity contribution in [1.29, 1.82) is 0 Å². The van der Waals surface area contributed by atoms with Crippen LogP contribution in [-0.4, -0.2) is 26.8 Å². The summed E-state index contributed by atoms with van der Waals surface area (Å²) < 4.78 is 24.7. The third-order valence-electron chi connectivity index (χ3n) is 4.08. The van der Waals surface area contributed by atoms with Gasteiger partial charge in [-0.2, -0.15) is 0 Å². The third-order valence-corrected chi connectivity index (χ3v) is 6.01. The van der Waals surface area contributed by atoms with Crippen molar-refractivity contribution >= 4 is 9.84 Å². The van der Waals surface area contributed by atoms with Crippen LogP contribution >= 0.6 is 0 Å². The van der Waals surface area contributed by atoms with E-state index in [0.29, 0.717) is 4.90 Å². The molecule has 1 N–H and O–H groups in total. The molecule has 0 spiro atoms. The summed E-state index contributed by atoms with van der Waals surface area (Å²) in [5.74, 6) is 0.115. The second kappa shape index (κ2) is 7.75. The molecule has 0 heterocycles. The molecule has 0 bridgehead atoms. The summed E-state index contributed by atoms with van der Waals surface area (Å²) in [4.78, 5) is 0.392. The van der Waals surface area contributed by atoms with Crippen LogP contribution in [0.2, 0.25) is 0 Å². The Bertz CT molecular complexity index is 719. The lowest BCUT2D eigenvalue weighted by Crippen LogP contribution is -2.34. The first-order valence-corrected chi connectivity index (χ1v) is 9.61. The number of benzene rings is 2. The minimum Gasteiger partial charge on any atom is -0.313 e. The first-order chi connectivity index (χ1) is 10.9. The van der Waals surface area contributed by atoms with E-state index in [2.05, 4.69) is 37.4 Å². The van der Waals surface area contributed by atoms with Gasteiger partial charge in [0.05, 0.1) is 10.6 Å². The van der Waals surface area contributed by atoms with Gasteiger partial charge in [-0.15, -0.1) is 0 Å². The molecule has 0 radical (unpaired) electrons. The monoisotopic (exact) mass is 331 g/mol. The van der Waals surface area contributed by atoms with E-state index in [1.54, 1.807) is 24.3 Å². The van der Waals surface area contributed by atoms with Crippen LogP contribution in [0.4, 0.5) is 0 Å². The van der Waals surface area contributed by atoms with E-state index in [9.17, 15) is 8.42 Å². The Hall–Kier alpha value is -1.65. The zero-order chi connectivity index (χ0) is 16.9. The maximum Gasteiger partial charge on any atom is 0.179 e. The second-order valence-corrected chi connectivity index (χ2v) is 8.10. The van der Waals surface area contributed by atoms with E-state index in [-0.39, 0.29) is 11.8 Å². The van der Waals surface area contributed by atoms with Gasteiger partial charge in [-0.3, -0.25) is 0 Å². The molecule has 0 fully saturated rings. The number of rotatable bonds is 7. The van der Waals surface area contributed by atoms with Crippen molar-refractivity contribution in [3.8, 4) is 0 Å². The molecule has 0 saturated heterocycles. The summed E-state index contributed by atoms with van der Waals surface area (Å²) in [5, 5.41) is 3.33. The van der Waals surface area contributed by atoms with Gasteiger partial charge in [-0.1, -0.05) is 36.4 Å². The maximum atomic E-state index is 12.3. The SMILES string of the molecule is Cc1cccc(C)c1CCN[C@H](C)CS(=O)(=O)c1ccccc1. The lowest BCUT2D eigenvalue weighted by atomic mass is 10.0. The van der Waals surface area contributed by atoms with Gasteiger partial charge in [-0.25, -0.2) is 8.42 Å². The molecule has 2 aromatic rings. The van der Waals surface area contributed by atoms with Crippen LogP contribution in [-0.2, 0) is 16.3 Å². The summed E-state index contributed by atoms with van der Waals surface area (Å²) >= 11 is 0. The van der Waals surface area contributed by atoms with Gasteiger partial charge in [0.25, 0.3) is 0 Å². The standard InChI is InChI=1S/C19H25NO2S/c1-15-8-7-9-16(2)19(15)12-13-20-17(3)14-23(21,22)18-10-5-4-6-11-18/h4-11,17,20H,12-14H2,1-3H3/t17-/m1/s1. The third kappa shape index (κ3) is 4.91. The quantitative estimate of drug-likeness (QED) is 0.847. The second-order valence-electron chi connectivity index (χ2n) is 6.07. The molecule has 2 aromatic carbocycles. The van der Waals surface area contributed by atoms with Crippen LogP contribution in [0.15, 0.2) is 53.4 Å². The van der Waals surface area contributed by atoms with Crippen LogP contribution in [0.1, 0.15) is 23.6 Å². The summed E-state index contributed by atoms with van der Waals surface area (Å²) in [6.45, 7) is 6.93. The van der Waals surface area contributed by atoms with Gasteiger partial charge in [0.15, 0.2) is 9.84 Å². The van der Waals surface area contributed by atoms with Crippen molar-refractivity contribution in [3.05, 3.63) is 65.2 Å². The van der Waals surface area contributed by atoms with Crippen molar-refractivity contribution in [1.82, 2.24) is 5.32 Å². The fourth-order valence-corrected chi connectivity index (χ4v) is 4.34. The molecule has 0 amide bonds. The Balaban J connectivity index is 1.90. The number of sulfone groups is 1. The Morgan fingerprint density at radius 1 is 0.957 bits per heavy atom. The van der Waals surface area contributed by atoms with E-state index < -0.39 is 9.84 Å². The fraction of sp³-hybridized carbons (Fsp3) is 0.368. The molecule has 4 heteroatoms. The molecule has 0 aromatic heterocycles. The van der Waals surface area contributed by atoms with E-state index in [0.717, 1.165) is 13.0 Å². The predicted octanol–water partition coefficient (Wildman–Crippen LogP) is 3.30. The average molecular weight is 331 g/mol. The van der Waals surface area contributed by atoms with Crippen LogP contribution in [0.5, 0.6) is 0 Å². The molecule has 2 rings (SSSR count). The van der Waals surface area contributed by atoms with Gasteiger partial charge < -0.3 is 5.32 Å². The molecular weight excluding hydrogens is 306 g/mol. The minimum absolute atomic E-state index is 0.0791. The van der Waals surface area contributed by atoms with Gasteiger partial charge in [0.2, 0.25) is 0 Å². The normalized spacial score (nSPS) is 13.0. The molecule has 124 valence electrons. The Morgan fingerprint density at radius 3 is 2.17 bits per heavy atom.